The molecule has 5 nitrogen and oxygen atoms in total. The maximum atomic E-state index is 6.99. The first-order valence-electron chi connectivity index (χ1n) is 21.2. The molecule has 10 aromatic rings. The Balaban J connectivity index is 0.922. The van der Waals surface area contributed by atoms with Crippen molar-refractivity contribution in [2.24, 2.45) is 0 Å². The van der Waals surface area contributed by atoms with Gasteiger partial charge in [-0.2, -0.15) is 0 Å². The van der Waals surface area contributed by atoms with E-state index in [1.165, 1.54) is 22.3 Å². The molecule has 0 spiro atoms. The molecule has 2 heterocycles. The number of benzene rings is 9. The maximum Gasteiger partial charge on any atom is 0.178 e. The SMILES string of the molecule is c1ccc(-c2cccc(-c3nc(-c4ccccc4)nc(-c4ccc(-c5cccc6c5Oc5ccc7c(c5O6)-c5ccccc5C7(c5ccccc5)c5ccccc5)cc4)n3)c2)cc1. The second-order valence-corrected chi connectivity index (χ2v) is 15.9. The standard InChI is InChI=1S/C58H37N3O2/c1-5-17-38(18-6-1)42-21-15-22-43(37-42)57-60-55(40-19-7-2-8-20-40)59-56(61-57)41-33-31-39(32-34-41)46-28-16-30-50-53(46)62-51-36-35-49-52(54(51)63-50)47-27-13-14-29-48(47)58(49,44-23-9-3-10-24-44)45-25-11-4-12-26-45/h1-37H. The van der Waals surface area contributed by atoms with E-state index in [4.69, 9.17) is 24.4 Å². The maximum absolute atomic E-state index is 6.99. The predicted octanol–water partition coefficient (Wildman–Crippen LogP) is 14.5. The highest BCUT2D eigenvalue weighted by molar-refractivity contribution is 5.92. The number of fused-ring (bicyclic) bond motifs is 6. The first-order valence-corrected chi connectivity index (χ1v) is 21.2. The van der Waals surface area contributed by atoms with Crippen LogP contribution in [0.15, 0.2) is 224 Å². The summed E-state index contributed by atoms with van der Waals surface area (Å²) in [6.45, 7) is 0. The number of rotatable bonds is 7. The van der Waals surface area contributed by atoms with Crippen LogP contribution in [-0.4, -0.2) is 15.0 Å². The van der Waals surface area contributed by atoms with E-state index in [2.05, 4.69) is 176 Å². The highest BCUT2D eigenvalue weighted by Crippen LogP contribution is 2.62. The van der Waals surface area contributed by atoms with Crippen LogP contribution in [0.5, 0.6) is 23.0 Å². The molecule has 0 N–H and O–H groups in total. The second-order valence-electron chi connectivity index (χ2n) is 15.9. The molecule has 5 heteroatoms. The zero-order valence-corrected chi connectivity index (χ0v) is 34.0. The summed E-state index contributed by atoms with van der Waals surface area (Å²) >= 11 is 0. The summed E-state index contributed by atoms with van der Waals surface area (Å²) in [6, 6.07) is 77.8. The van der Waals surface area contributed by atoms with E-state index in [0.29, 0.717) is 34.7 Å². The summed E-state index contributed by atoms with van der Waals surface area (Å²) in [4.78, 5) is 15.0. The highest BCUT2D eigenvalue weighted by Gasteiger charge is 2.48. The van der Waals surface area contributed by atoms with Crippen LogP contribution in [0.2, 0.25) is 0 Å². The van der Waals surface area contributed by atoms with Crippen molar-refractivity contribution in [3.05, 3.63) is 247 Å². The number of hydrogen-bond acceptors (Lipinski definition) is 5. The van der Waals surface area contributed by atoms with E-state index in [-0.39, 0.29) is 0 Å². The quantitative estimate of drug-likeness (QED) is 0.161. The monoisotopic (exact) mass is 807 g/mol. The minimum atomic E-state index is -0.538. The van der Waals surface area contributed by atoms with Crippen LogP contribution < -0.4 is 9.47 Å². The molecule has 0 saturated carbocycles. The van der Waals surface area contributed by atoms with Gasteiger partial charge in [-0.1, -0.05) is 206 Å². The number of para-hydroxylation sites is 1. The molecule has 0 saturated heterocycles. The second kappa shape index (κ2) is 14.9. The number of aromatic nitrogens is 3. The van der Waals surface area contributed by atoms with Crippen LogP contribution in [0.3, 0.4) is 0 Å². The summed E-state index contributed by atoms with van der Waals surface area (Å²) in [5.74, 6) is 4.57. The van der Waals surface area contributed by atoms with Gasteiger partial charge in [0.2, 0.25) is 0 Å². The van der Waals surface area contributed by atoms with Gasteiger partial charge in [0, 0.05) is 27.8 Å². The zero-order valence-electron chi connectivity index (χ0n) is 34.0. The molecule has 0 radical (unpaired) electrons. The van der Waals surface area contributed by atoms with Crippen molar-refractivity contribution in [1.29, 1.82) is 0 Å². The van der Waals surface area contributed by atoms with Crippen molar-refractivity contribution in [3.8, 4) is 90.5 Å². The Hall–Kier alpha value is -8.41. The third-order valence-electron chi connectivity index (χ3n) is 12.3. The summed E-state index contributed by atoms with van der Waals surface area (Å²) in [7, 11) is 0. The van der Waals surface area contributed by atoms with E-state index in [1.54, 1.807) is 0 Å². The number of ether oxygens (including phenoxy) is 2. The molecule has 1 aromatic heterocycles. The Morgan fingerprint density at radius 3 is 1.46 bits per heavy atom. The summed E-state index contributed by atoms with van der Waals surface area (Å²) in [5, 5.41) is 0. The third kappa shape index (κ3) is 6.05. The van der Waals surface area contributed by atoms with Crippen LogP contribution in [0.4, 0.5) is 0 Å². The van der Waals surface area contributed by atoms with Gasteiger partial charge >= 0.3 is 0 Å². The Morgan fingerprint density at radius 1 is 0.302 bits per heavy atom. The minimum absolute atomic E-state index is 0.538. The molecule has 296 valence electrons. The molecule has 0 bridgehead atoms. The zero-order chi connectivity index (χ0) is 41.7. The highest BCUT2D eigenvalue weighted by atomic mass is 16.6. The van der Waals surface area contributed by atoms with Gasteiger partial charge in [-0.25, -0.2) is 15.0 Å². The molecule has 1 aliphatic heterocycles. The van der Waals surface area contributed by atoms with E-state index >= 15 is 0 Å². The molecular formula is C58H37N3O2. The molecule has 0 fully saturated rings. The lowest BCUT2D eigenvalue weighted by Gasteiger charge is -2.34. The van der Waals surface area contributed by atoms with Gasteiger partial charge in [0.05, 0.1) is 5.41 Å². The first kappa shape index (κ1) is 36.4. The lowest BCUT2D eigenvalue weighted by atomic mass is 9.68. The van der Waals surface area contributed by atoms with Gasteiger partial charge < -0.3 is 9.47 Å². The molecule has 2 aliphatic rings. The Morgan fingerprint density at radius 2 is 0.778 bits per heavy atom. The van der Waals surface area contributed by atoms with Crippen LogP contribution >= 0.6 is 0 Å². The molecule has 9 aromatic carbocycles. The van der Waals surface area contributed by atoms with E-state index < -0.39 is 5.41 Å². The Kier molecular flexibility index (Phi) is 8.64. The first-order chi connectivity index (χ1) is 31.2. The Bertz CT molecular complexity index is 3280. The molecule has 0 unspecified atom stereocenters. The third-order valence-corrected chi connectivity index (χ3v) is 12.3. The van der Waals surface area contributed by atoms with Crippen molar-refractivity contribution < 1.29 is 9.47 Å². The van der Waals surface area contributed by atoms with Gasteiger partial charge in [0.15, 0.2) is 40.5 Å². The summed E-state index contributed by atoms with van der Waals surface area (Å²) < 4.78 is 13.9. The van der Waals surface area contributed by atoms with E-state index in [0.717, 1.165) is 55.8 Å². The lowest BCUT2D eigenvalue weighted by molar-refractivity contribution is 0.361. The van der Waals surface area contributed by atoms with Crippen LogP contribution in [0.1, 0.15) is 22.3 Å². The van der Waals surface area contributed by atoms with Gasteiger partial charge in [-0.3, -0.25) is 0 Å². The van der Waals surface area contributed by atoms with Gasteiger partial charge in [-0.15, -0.1) is 0 Å². The van der Waals surface area contributed by atoms with Crippen molar-refractivity contribution in [2.75, 3.05) is 0 Å². The van der Waals surface area contributed by atoms with Crippen LogP contribution in [0, 0.1) is 0 Å². The van der Waals surface area contributed by atoms with Crippen molar-refractivity contribution in [3.63, 3.8) is 0 Å². The summed E-state index contributed by atoms with van der Waals surface area (Å²) in [6.07, 6.45) is 0. The predicted molar refractivity (Wildman–Crippen MR) is 251 cm³/mol. The fourth-order valence-electron chi connectivity index (χ4n) is 9.43. The number of nitrogens with zero attached hydrogens (tertiary/aromatic N) is 3. The average Bonchev–Trinajstić information content (AvgIpc) is 3.68. The fraction of sp³-hybridized carbons (Fsp3) is 0.0172. The number of hydrogen-bond donors (Lipinski definition) is 0. The smallest absolute Gasteiger partial charge is 0.178 e. The van der Waals surface area contributed by atoms with Crippen molar-refractivity contribution in [1.82, 2.24) is 15.0 Å². The normalized spacial score (nSPS) is 12.8. The van der Waals surface area contributed by atoms with E-state index in [1.807, 2.05) is 48.5 Å². The van der Waals surface area contributed by atoms with Crippen molar-refractivity contribution >= 4 is 0 Å². The molecule has 12 rings (SSSR count). The minimum Gasteiger partial charge on any atom is -0.449 e. The van der Waals surface area contributed by atoms with Crippen molar-refractivity contribution in [2.45, 2.75) is 5.41 Å². The lowest BCUT2D eigenvalue weighted by Crippen LogP contribution is -2.28. The van der Waals surface area contributed by atoms with Gasteiger partial charge in [0.25, 0.3) is 0 Å². The fourth-order valence-corrected chi connectivity index (χ4v) is 9.43. The van der Waals surface area contributed by atoms with Gasteiger partial charge in [0.1, 0.15) is 0 Å². The molecule has 63 heavy (non-hydrogen) atoms. The summed E-state index contributed by atoms with van der Waals surface area (Å²) in [5.41, 5.74) is 13.3. The largest absolute Gasteiger partial charge is 0.449 e. The molecule has 0 amide bonds. The van der Waals surface area contributed by atoms with Crippen LogP contribution in [-0.2, 0) is 5.41 Å². The molecular weight excluding hydrogens is 771 g/mol. The topological polar surface area (TPSA) is 57.1 Å². The van der Waals surface area contributed by atoms with E-state index in [9.17, 15) is 0 Å². The average molecular weight is 808 g/mol. The van der Waals surface area contributed by atoms with Crippen LogP contribution in [0.25, 0.3) is 67.5 Å². The van der Waals surface area contributed by atoms with Gasteiger partial charge in [-0.05, 0) is 62.7 Å². The molecule has 1 aliphatic carbocycles. The molecule has 0 atom stereocenters. The Labute approximate surface area is 365 Å².